The second-order valence-electron chi connectivity index (χ2n) is 6.20. The number of rotatable bonds is 6. The zero-order valence-electron chi connectivity index (χ0n) is 15.4. The minimum atomic E-state index is -0.903. The maximum atomic E-state index is 12.7. The monoisotopic (exact) mass is 395 g/mol. The largest absolute Gasteiger partial charge is 0.506 e. The van der Waals surface area contributed by atoms with E-state index in [0.29, 0.717) is 10.9 Å². The molecule has 2 N–H and O–H groups in total. The summed E-state index contributed by atoms with van der Waals surface area (Å²) in [5.41, 5.74) is -0.850. The van der Waals surface area contributed by atoms with Gasteiger partial charge < -0.3 is 15.0 Å². The van der Waals surface area contributed by atoms with Crippen LogP contribution in [-0.2, 0) is 6.54 Å². The average Bonchev–Trinajstić information content (AvgIpc) is 2.72. The summed E-state index contributed by atoms with van der Waals surface area (Å²) in [4.78, 5) is 47.7. The highest BCUT2D eigenvalue weighted by molar-refractivity contribution is 6.05. The number of hydrogen-bond donors (Lipinski definition) is 2. The van der Waals surface area contributed by atoms with Gasteiger partial charge in [0.25, 0.3) is 17.2 Å². The predicted octanol–water partition coefficient (Wildman–Crippen LogP) is 2.25. The number of aromatic hydroxyl groups is 1. The lowest BCUT2D eigenvalue weighted by atomic mass is 10.1. The van der Waals surface area contributed by atoms with Gasteiger partial charge in [-0.1, -0.05) is 24.3 Å². The zero-order valence-corrected chi connectivity index (χ0v) is 15.4. The van der Waals surface area contributed by atoms with Crippen LogP contribution in [0.2, 0.25) is 0 Å². The van der Waals surface area contributed by atoms with Gasteiger partial charge in [-0.05, 0) is 19.1 Å². The van der Waals surface area contributed by atoms with Crippen molar-refractivity contribution in [1.82, 2.24) is 9.88 Å². The molecule has 9 nitrogen and oxygen atoms in total. The molecule has 0 spiro atoms. The third-order valence-electron chi connectivity index (χ3n) is 4.48. The molecule has 0 saturated heterocycles. The molecule has 3 rings (SSSR count). The van der Waals surface area contributed by atoms with Crippen molar-refractivity contribution >= 4 is 28.3 Å². The van der Waals surface area contributed by atoms with Crippen LogP contribution in [0.4, 0.5) is 5.69 Å². The van der Waals surface area contributed by atoms with Crippen molar-refractivity contribution in [2.45, 2.75) is 13.5 Å². The Bertz CT molecular complexity index is 1200. The fraction of sp³-hybridized carbons (Fsp3) is 0.150. The van der Waals surface area contributed by atoms with Crippen LogP contribution in [-0.4, -0.2) is 32.8 Å². The van der Waals surface area contributed by atoms with Crippen LogP contribution in [0, 0.1) is 10.1 Å². The zero-order chi connectivity index (χ0) is 21.1. The second-order valence-corrected chi connectivity index (χ2v) is 6.20. The van der Waals surface area contributed by atoms with Gasteiger partial charge in [-0.2, -0.15) is 0 Å². The number of pyridine rings is 1. The molecule has 0 aliphatic heterocycles. The molecule has 0 radical (unpaired) electrons. The Hall–Kier alpha value is -4.01. The summed E-state index contributed by atoms with van der Waals surface area (Å²) in [7, 11) is 0. The Morgan fingerprint density at radius 3 is 2.59 bits per heavy atom. The molecule has 3 aromatic rings. The first kappa shape index (κ1) is 19.7. The Balaban J connectivity index is 1.89. The fourth-order valence-corrected chi connectivity index (χ4v) is 3.05. The van der Waals surface area contributed by atoms with E-state index in [1.165, 1.54) is 22.8 Å². The quantitative estimate of drug-likeness (QED) is 0.374. The summed E-state index contributed by atoms with van der Waals surface area (Å²) < 4.78 is 1.35. The van der Waals surface area contributed by atoms with E-state index in [1.807, 2.05) is 0 Å². The van der Waals surface area contributed by atoms with Crippen LogP contribution in [0.1, 0.15) is 27.6 Å². The fourth-order valence-electron chi connectivity index (χ4n) is 3.05. The molecule has 0 fully saturated rings. The maximum Gasteiger partial charge on any atom is 0.270 e. The molecule has 0 atom stereocenters. The summed E-state index contributed by atoms with van der Waals surface area (Å²) in [6.07, 6.45) is 0. The molecule has 0 aliphatic rings. The summed E-state index contributed by atoms with van der Waals surface area (Å²) in [5.74, 6) is -1.94. The van der Waals surface area contributed by atoms with Gasteiger partial charge in [0.1, 0.15) is 11.3 Å². The van der Waals surface area contributed by atoms with Crippen molar-refractivity contribution in [1.29, 1.82) is 0 Å². The first-order valence-electron chi connectivity index (χ1n) is 8.75. The molecule has 2 aromatic carbocycles. The summed E-state index contributed by atoms with van der Waals surface area (Å²) in [5, 5.41) is 23.9. The Kier molecular flexibility index (Phi) is 5.40. The van der Waals surface area contributed by atoms with Crippen LogP contribution in [0.25, 0.3) is 10.9 Å². The Morgan fingerprint density at radius 2 is 1.90 bits per heavy atom. The first-order valence-corrected chi connectivity index (χ1v) is 8.75. The van der Waals surface area contributed by atoms with Gasteiger partial charge in [-0.15, -0.1) is 0 Å². The number of amides is 1. The number of nitro groups is 1. The molecule has 1 heterocycles. The van der Waals surface area contributed by atoms with Gasteiger partial charge in [-0.25, -0.2) is 0 Å². The van der Waals surface area contributed by atoms with Crippen LogP contribution in [0.5, 0.6) is 5.75 Å². The lowest BCUT2D eigenvalue weighted by Crippen LogP contribution is -2.35. The first-order chi connectivity index (χ1) is 13.8. The number of nitrogens with one attached hydrogen (secondary N) is 1. The van der Waals surface area contributed by atoms with Gasteiger partial charge >= 0.3 is 0 Å². The van der Waals surface area contributed by atoms with E-state index < -0.39 is 40.0 Å². The molecule has 29 heavy (non-hydrogen) atoms. The summed E-state index contributed by atoms with van der Waals surface area (Å²) in [6, 6.07) is 11.7. The van der Waals surface area contributed by atoms with E-state index in [0.717, 1.165) is 6.07 Å². The summed E-state index contributed by atoms with van der Waals surface area (Å²) in [6.45, 7) is 1.53. The van der Waals surface area contributed by atoms with Crippen molar-refractivity contribution in [3.8, 4) is 5.75 Å². The molecule has 0 unspecified atom stereocenters. The van der Waals surface area contributed by atoms with E-state index in [4.69, 9.17) is 0 Å². The minimum absolute atomic E-state index is 0.0493. The maximum absolute atomic E-state index is 12.7. The van der Waals surface area contributed by atoms with E-state index >= 15 is 0 Å². The van der Waals surface area contributed by atoms with Crippen molar-refractivity contribution in [2.24, 2.45) is 0 Å². The van der Waals surface area contributed by atoms with Crippen LogP contribution < -0.4 is 10.9 Å². The number of carbonyl (C=O) groups excluding carboxylic acids is 2. The predicted molar refractivity (Wildman–Crippen MR) is 105 cm³/mol. The molecule has 1 aromatic heterocycles. The van der Waals surface area contributed by atoms with Gasteiger partial charge in [0.05, 0.1) is 17.0 Å². The van der Waals surface area contributed by atoms with Gasteiger partial charge in [-0.3, -0.25) is 24.5 Å². The van der Waals surface area contributed by atoms with Crippen LogP contribution in [0.3, 0.4) is 0 Å². The topological polar surface area (TPSA) is 132 Å². The number of fused-ring (bicyclic) bond motifs is 1. The van der Waals surface area contributed by atoms with E-state index in [9.17, 15) is 29.6 Å². The third-order valence-corrected chi connectivity index (χ3v) is 4.48. The molecule has 0 saturated carbocycles. The highest BCUT2D eigenvalue weighted by atomic mass is 16.6. The second kappa shape index (κ2) is 7.93. The minimum Gasteiger partial charge on any atom is -0.506 e. The Labute approximate surface area is 164 Å². The molecular weight excluding hydrogens is 378 g/mol. The Morgan fingerprint density at radius 1 is 1.17 bits per heavy atom. The molecule has 9 heteroatoms. The number of aromatic nitrogens is 1. The van der Waals surface area contributed by atoms with Crippen molar-refractivity contribution in [3.05, 3.63) is 80.1 Å². The SMILES string of the molecule is CCn1c(=O)c(C(=O)NCC(=O)c2cccc([N+](=O)[O-])c2)c(O)c2ccccc21. The number of hydrogen-bond acceptors (Lipinski definition) is 6. The molecule has 1 amide bonds. The van der Waals surface area contributed by atoms with Gasteiger partial charge in [0, 0.05) is 29.6 Å². The lowest BCUT2D eigenvalue weighted by Gasteiger charge is -2.13. The molecule has 0 bridgehead atoms. The number of Topliss-reactive ketones (excluding diaryl/α,β-unsaturated/α-hetero) is 1. The molecular formula is C20H17N3O6. The van der Waals surface area contributed by atoms with E-state index in [2.05, 4.69) is 5.32 Å². The number of carbonyl (C=O) groups is 2. The van der Waals surface area contributed by atoms with E-state index in [1.54, 1.807) is 31.2 Å². The normalized spacial score (nSPS) is 10.7. The number of nitro benzene ring substituents is 1. The van der Waals surface area contributed by atoms with Crippen LogP contribution in [0.15, 0.2) is 53.3 Å². The highest BCUT2D eigenvalue weighted by Gasteiger charge is 2.22. The van der Waals surface area contributed by atoms with Gasteiger partial charge in [0.15, 0.2) is 5.78 Å². The third kappa shape index (κ3) is 3.70. The van der Waals surface area contributed by atoms with Crippen LogP contribution >= 0.6 is 0 Å². The highest BCUT2D eigenvalue weighted by Crippen LogP contribution is 2.26. The standard InChI is InChI=1S/C20H17N3O6/c1-2-22-15-9-4-3-8-14(15)18(25)17(20(22)27)19(26)21-11-16(24)12-6-5-7-13(10-12)23(28)29/h3-10,25H,2,11H2,1H3,(H,21,26). The average molecular weight is 395 g/mol. The lowest BCUT2D eigenvalue weighted by molar-refractivity contribution is -0.384. The number of nitrogens with zero attached hydrogens (tertiary/aromatic N) is 2. The number of benzene rings is 2. The molecule has 148 valence electrons. The van der Waals surface area contributed by atoms with Crippen molar-refractivity contribution in [3.63, 3.8) is 0 Å². The number of non-ortho nitro benzene ring substituents is 1. The number of ketones is 1. The van der Waals surface area contributed by atoms with Crippen molar-refractivity contribution < 1.29 is 19.6 Å². The van der Waals surface area contributed by atoms with E-state index in [-0.39, 0.29) is 17.8 Å². The smallest absolute Gasteiger partial charge is 0.270 e. The number of para-hydroxylation sites is 1. The summed E-state index contributed by atoms with van der Waals surface area (Å²) >= 11 is 0. The number of aryl methyl sites for hydroxylation is 1. The van der Waals surface area contributed by atoms with Gasteiger partial charge in [0.2, 0.25) is 0 Å². The van der Waals surface area contributed by atoms with Crippen molar-refractivity contribution in [2.75, 3.05) is 6.54 Å². The molecule has 0 aliphatic carbocycles.